The van der Waals surface area contributed by atoms with Gasteiger partial charge in [0, 0.05) is 17.6 Å². The first-order valence-corrected chi connectivity index (χ1v) is 6.34. The average Bonchev–Trinajstić information content (AvgIpc) is 2.40. The number of nitrogens with zero attached hydrogens (tertiary/aromatic N) is 1. The van der Waals surface area contributed by atoms with Gasteiger partial charge in [0.15, 0.2) is 0 Å². The second-order valence-corrected chi connectivity index (χ2v) is 4.86. The maximum Gasteiger partial charge on any atom is 0.292 e. The molecular weight excluding hydrogens is 306 g/mol. The second kappa shape index (κ2) is 6.07. The van der Waals surface area contributed by atoms with Crippen LogP contribution in [0.1, 0.15) is 5.56 Å². The van der Waals surface area contributed by atoms with Crippen molar-refractivity contribution in [1.82, 2.24) is 0 Å². The first-order valence-electron chi connectivity index (χ1n) is 5.59. The third-order valence-electron chi connectivity index (χ3n) is 2.62. The fraction of sp³-hybridized carbons (Fsp3) is 0.0769. The fourth-order valence-electron chi connectivity index (χ4n) is 1.66. The predicted molar refractivity (Wildman–Crippen MR) is 76.8 cm³/mol. The summed E-state index contributed by atoms with van der Waals surface area (Å²) in [5.41, 5.74) is 0.913. The van der Waals surface area contributed by atoms with E-state index in [2.05, 4.69) is 5.32 Å². The van der Waals surface area contributed by atoms with E-state index in [-0.39, 0.29) is 17.3 Å². The summed E-state index contributed by atoms with van der Waals surface area (Å²) in [6.45, 7) is 0.265. The molecule has 0 fully saturated rings. The smallest absolute Gasteiger partial charge is 0.292 e. The van der Waals surface area contributed by atoms with Crippen molar-refractivity contribution < 1.29 is 9.31 Å². The number of hydrogen-bond donors (Lipinski definition) is 1. The molecule has 0 radical (unpaired) electrons. The molecule has 0 aliphatic heterocycles. The molecular formula is C13H9Cl2FN2O2. The molecule has 2 aromatic rings. The second-order valence-electron chi connectivity index (χ2n) is 4.02. The van der Waals surface area contributed by atoms with E-state index in [9.17, 15) is 14.5 Å². The van der Waals surface area contributed by atoms with E-state index in [1.165, 1.54) is 30.3 Å². The van der Waals surface area contributed by atoms with E-state index in [0.29, 0.717) is 16.3 Å². The Balaban J connectivity index is 2.20. The van der Waals surface area contributed by atoms with Crippen LogP contribution >= 0.6 is 23.2 Å². The van der Waals surface area contributed by atoms with Crippen LogP contribution in [0.5, 0.6) is 0 Å². The van der Waals surface area contributed by atoms with Gasteiger partial charge >= 0.3 is 0 Å². The standard InChI is InChI=1S/C13H9Cl2FN2O2/c14-9-2-4-13(18(19)20)12(6-9)17-7-8-1-3-11(16)10(15)5-8/h1-6,17H,7H2. The van der Waals surface area contributed by atoms with Gasteiger partial charge in [0.05, 0.1) is 9.95 Å². The van der Waals surface area contributed by atoms with Gasteiger partial charge in [0.1, 0.15) is 11.5 Å². The monoisotopic (exact) mass is 314 g/mol. The molecule has 0 amide bonds. The molecule has 0 unspecified atom stereocenters. The highest BCUT2D eigenvalue weighted by molar-refractivity contribution is 6.31. The SMILES string of the molecule is O=[N+]([O-])c1ccc(Cl)cc1NCc1ccc(F)c(Cl)c1. The molecule has 4 nitrogen and oxygen atoms in total. The van der Waals surface area contributed by atoms with Gasteiger partial charge in [-0.2, -0.15) is 0 Å². The molecule has 7 heteroatoms. The van der Waals surface area contributed by atoms with Gasteiger partial charge in [-0.25, -0.2) is 4.39 Å². The highest BCUT2D eigenvalue weighted by Gasteiger charge is 2.13. The van der Waals surface area contributed by atoms with Gasteiger partial charge in [0.25, 0.3) is 5.69 Å². The highest BCUT2D eigenvalue weighted by Crippen LogP contribution is 2.28. The minimum Gasteiger partial charge on any atom is -0.375 e. The topological polar surface area (TPSA) is 55.2 Å². The van der Waals surface area contributed by atoms with Crippen LogP contribution in [0.25, 0.3) is 0 Å². The summed E-state index contributed by atoms with van der Waals surface area (Å²) < 4.78 is 13.0. The quantitative estimate of drug-likeness (QED) is 0.660. The molecule has 104 valence electrons. The van der Waals surface area contributed by atoms with Gasteiger partial charge in [-0.3, -0.25) is 10.1 Å². The first-order chi connectivity index (χ1) is 9.47. The van der Waals surface area contributed by atoms with Gasteiger partial charge < -0.3 is 5.32 Å². The predicted octanol–water partition coefficient (Wildman–Crippen LogP) is 4.65. The Kier molecular flexibility index (Phi) is 4.42. The maximum absolute atomic E-state index is 13.0. The number of anilines is 1. The Morgan fingerprint density at radius 3 is 2.60 bits per heavy atom. The zero-order valence-electron chi connectivity index (χ0n) is 10.1. The lowest BCUT2D eigenvalue weighted by atomic mass is 10.2. The number of benzene rings is 2. The molecule has 2 aromatic carbocycles. The average molecular weight is 315 g/mol. The maximum atomic E-state index is 13.0. The van der Waals surface area contributed by atoms with E-state index in [0.717, 1.165) is 0 Å². The lowest BCUT2D eigenvalue weighted by Gasteiger charge is -2.08. The third kappa shape index (κ3) is 3.37. The summed E-state index contributed by atoms with van der Waals surface area (Å²) in [5.74, 6) is -0.510. The van der Waals surface area contributed by atoms with E-state index in [1.54, 1.807) is 6.07 Å². The van der Waals surface area contributed by atoms with Gasteiger partial charge in [-0.1, -0.05) is 29.3 Å². The first kappa shape index (κ1) is 14.6. The number of nitro benzene ring substituents is 1. The van der Waals surface area contributed by atoms with Crippen LogP contribution in [0.15, 0.2) is 36.4 Å². The van der Waals surface area contributed by atoms with Crippen LogP contribution < -0.4 is 5.32 Å². The summed E-state index contributed by atoms with van der Waals surface area (Å²) in [5, 5.41) is 14.2. The molecule has 0 aromatic heterocycles. The van der Waals surface area contributed by atoms with Crippen LogP contribution in [-0.2, 0) is 6.54 Å². The van der Waals surface area contributed by atoms with Gasteiger partial charge in [0.2, 0.25) is 0 Å². The molecule has 0 saturated heterocycles. The largest absolute Gasteiger partial charge is 0.375 e. The lowest BCUT2D eigenvalue weighted by molar-refractivity contribution is -0.384. The van der Waals surface area contributed by atoms with Crippen molar-refractivity contribution in [3.05, 3.63) is 67.9 Å². The molecule has 0 atom stereocenters. The lowest BCUT2D eigenvalue weighted by Crippen LogP contribution is -2.03. The number of nitro groups is 1. The van der Waals surface area contributed by atoms with Crippen molar-refractivity contribution >= 4 is 34.6 Å². The van der Waals surface area contributed by atoms with E-state index >= 15 is 0 Å². The summed E-state index contributed by atoms with van der Waals surface area (Å²) in [6.07, 6.45) is 0. The van der Waals surface area contributed by atoms with Crippen molar-refractivity contribution in [3.63, 3.8) is 0 Å². The minimum absolute atomic E-state index is 0.00453. The molecule has 0 aliphatic carbocycles. The third-order valence-corrected chi connectivity index (χ3v) is 3.15. The molecule has 0 spiro atoms. The van der Waals surface area contributed by atoms with Crippen LogP contribution in [0.2, 0.25) is 10.0 Å². The summed E-state index contributed by atoms with van der Waals surface area (Å²) in [7, 11) is 0. The van der Waals surface area contributed by atoms with Crippen molar-refractivity contribution in [2.45, 2.75) is 6.54 Å². The van der Waals surface area contributed by atoms with Crippen molar-refractivity contribution in [3.8, 4) is 0 Å². The van der Waals surface area contributed by atoms with Gasteiger partial charge in [-0.15, -0.1) is 0 Å². The Bertz CT molecular complexity index is 665. The zero-order valence-corrected chi connectivity index (χ0v) is 11.6. The summed E-state index contributed by atoms with van der Waals surface area (Å²) >= 11 is 11.5. The Morgan fingerprint density at radius 1 is 1.20 bits per heavy atom. The molecule has 0 heterocycles. The van der Waals surface area contributed by atoms with E-state index < -0.39 is 10.7 Å². The number of halogens is 3. The number of nitrogens with one attached hydrogen (secondary N) is 1. The van der Waals surface area contributed by atoms with Crippen LogP contribution in [0.3, 0.4) is 0 Å². The molecule has 2 rings (SSSR count). The number of hydrogen-bond acceptors (Lipinski definition) is 3. The molecule has 0 aliphatic rings. The number of rotatable bonds is 4. The molecule has 1 N–H and O–H groups in total. The van der Waals surface area contributed by atoms with Crippen molar-refractivity contribution in [1.29, 1.82) is 0 Å². The Labute approximate surface area is 124 Å². The zero-order chi connectivity index (χ0) is 14.7. The molecule has 0 saturated carbocycles. The normalized spacial score (nSPS) is 10.3. The Morgan fingerprint density at radius 2 is 1.95 bits per heavy atom. The fourth-order valence-corrected chi connectivity index (χ4v) is 2.03. The molecule has 0 bridgehead atoms. The molecule has 20 heavy (non-hydrogen) atoms. The van der Waals surface area contributed by atoms with Crippen LogP contribution in [0.4, 0.5) is 15.8 Å². The highest BCUT2D eigenvalue weighted by atomic mass is 35.5. The van der Waals surface area contributed by atoms with Gasteiger partial charge in [-0.05, 0) is 29.8 Å². The van der Waals surface area contributed by atoms with Crippen LogP contribution in [0, 0.1) is 15.9 Å². The summed E-state index contributed by atoms with van der Waals surface area (Å²) in [6, 6.07) is 8.48. The Hall–Kier alpha value is -1.85. The van der Waals surface area contributed by atoms with Crippen molar-refractivity contribution in [2.24, 2.45) is 0 Å². The minimum atomic E-state index is -0.510. The van der Waals surface area contributed by atoms with Crippen LogP contribution in [-0.4, -0.2) is 4.92 Å². The summed E-state index contributed by atoms with van der Waals surface area (Å²) in [4.78, 5) is 10.4. The van der Waals surface area contributed by atoms with Crippen molar-refractivity contribution in [2.75, 3.05) is 5.32 Å². The van der Waals surface area contributed by atoms with E-state index in [4.69, 9.17) is 23.2 Å². The van der Waals surface area contributed by atoms with E-state index in [1.807, 2.05) is 0 Å².